The maximum Gasteiger partial charge on any atom is 0.0589 e. The monoisotopic (exact) mass is 200 g/mol. The van der Waals surface area contributed by atoms with Gasteiger partial charge in [0, 0.05) is 32.8 Å². The van der Waals surface area contributed by atoms with Crippen LogP contribution < -0.4 is 5.73 Å². The van der Waals surface area contributed by atoms with Crippen LogP contribution >= 0.6 is 0 Å². The quantitative estimate of drug-likeness (QED) is 0.596. The predicted octanol–water partition coefficient (Wildman–Crippen LogP) is 1.10. The van der Waals surface area contributed by atoms with E-state index in [0.717, 1.165) is 26.2 Å². The lowest BCUT2D eigenvalue weighted by atomic mass is 10.0. The molecule has 2 N–H and O–H groups in total. The molecule has 2 atom stereocenters. The highest BCUT2D eigenvalue weighted by Gasteiger charge is 2.11. The first kappa shape index (κ1) is 13.6. The van der Waals surface area contributed by atoms with Crippen LogP contribution in [0.2, 0.25) is 0 Å². The molecule has 2 unspecified atom stereocenters. The summed E-state index contributed by atoms with van der Waals surface area (Å²) < 4.78 is 5.05. The fourth-order valence-corrected chi connectivity index (χ4v) is 1.23. The third kappa shape index (κ3) is 6.13. The van der Waals surface area contributed by atoms with Gasteiger partial charge < -0.3 is 10.5 Å². The first-order valence-corrected chi connectivity index (χ1v) is 5.19. The largest absolute Gasteiger partial charge is 0.383 e. The molecular weight excluding hydrogens is 176 g/mol. The number of ether oxygens (including phenoxy) is 1. The van der Waals surface area contributed by atoms with Crippen molar-refractivity contribution >= 4 is 0 Å². The number of hydrogen-bond donors (Lipinski definition) is 1. The molecule has 0 saturated carbocycles. The maximum absolute atomic E-state index is 5.83. The molecule has 3 heteroatoms. The molecule has 0 aliphatic heterocycles. The summed E-state index contributed by atoms with van der Waals surface area (Å²) in [5.74, 6) is 0.506. The summed E-state index contributed by atoms with van der Waals surface area (Å²) in [5, 5.41) is 0. The minimum Gasteiger partial charge on any atom is -0.383 e. The highest BCUT2D eigenvalue weighted by atomic mass is 16.5. The Hall–Kier alpha value is -0.380. The van der Waals surface area contributed by atoms with Crippen molar-refractivity contribution in [2.45, 2.75) is 19.9 Å². The lowest BCUT2D eigenvalue weighted by molar-refractivity contribution is 0.143. The van der Waals surface area contributed by atoms with Gasteiger partial charge in [0.05, 0.1) is 6.61 Å². The molecule has 0 rings (SSSR count). The fraction of sp³-hybridized carbons (Fsp3) is 0.818. The van der Waals surface area contributed by atoms with Crippen LogP contribution in [-0.4, -0.2) is 44.3 Å². The number of methoxy groups -OCH3 is 1. The molecule has 0 aromatic rings. The third-order valence-corrected chi connectivity index (χ3v) is 2.44. The number of nitrogens with two attached hydrogens (primary N) is 1. The van der Waals surface area contributed by atoms with Gasteiger partial charge in [-0.3, -0.25) is 4.90 Å². The van der Waals surface area contributed by atoms with Gasteiger partial charge >= 0.3 is 0 Å². The Morgan fingerprint density at radius 3 is 2.57 bits per heavy atom. The minimum absolute atomic E-state index is 0.241. The molecule has 14 heavy (non-hydrogen) atoms. The van der Waals surface area contributed by atoms with E-state index in [2.05, 4.69) is 18.4 Å². The topological polar surface area (TPSA) is 38.5 Å². The zero-order chi connectivity index (χ0) is 11.0. The number of hydrogen-bond acceptors (Lipinski definition) is 3. The average Bonchev–Trinajstić information content (AvgIpc) is 2.14. The van der Waals surface area contributed by atoms with Gasteiger partial charge in [-0.2, -0.15) is 0 Å². The maximum atomic E-state index is 5.83. The van der Waals surface area contributed by atoms with E-state index in [1.165, 1.54) is 0 Å². The molecule has 0 fully saturated rings. The van der Waals surface area contributed by atoms with Crippen molar-refractivity contribution in [1.29, 1.82) is 0 Å². The lowest BCUT2D eigenvalue weighted by Gasteiger charge is -2.26. The summed E-state index contributed by atoms with van der Waals surface area (Å²) >= 11 is 0. The molecule has 0 bridgehead atoms. The average molecular weight is 200 g/mol. The Labute approximate surface area is 87.9 Å². The number of nitrogens with zero attached hydrogens (tertiary/aromatic N) is 1. The summed E-state index contributed by atoms with van der Waals surface area (Å²) in [4.78, 5) is 2.31. The lowest BCUT2D eigenvalue weighted by Crippen LogP contribution is -2.37. The molecule has 3 nitrogen and oxygen atoms in total. The van der Waals surface area contributed by atoms with Gasteiger partial charge in [-0.1, -0.05) is 13.0 Å². The second-order valence-corrected chi connectivity index (χ2v) is 3.88. The van der Waals surface area contributed by atoms with Crippen LogP contribution in [-0.2, 0) is 4.74 Å². The third-order valence-electron chi connectivity index (χ3n) is 2.44. The van der Waals surface area contributed by atoms with E-state index in [-0.39, 0.29) is 6.04 Å². The molecule has 0 saturated heterocycles. The summed E-state index contributed by atoms with van der Waals surface area (Å²) in [6.07, 6.45) is 1.92. The molecule has 84 valence electrons. The Balaban J connectivity index is 3.87. The van der Waals surface area contributed by atoms with E-state index in [9.17, 15) is 0 Å². The van der Waals surface area contributed by atoms with Crippen LogP contribution in [0.15, 0.2) is 12.7 Å². The van der Waals surface area contributed by atoms with Crippen LogP contribution in [0.1, 0.15) is 13.8 Å². The zero-order valence-electron chi connectivity index (χ0n) is 9.70. The van der Waals surface area contributed by atoms with Crippen LogP contribution in [0.3, 0.4) is 0 Å². The van der Waals surface area contributed by atoms with Gasteiger partial charge in [0.1, 0.15) is 0 Å². The normalized spacial score (nSPS) is 15.5. The second-order valence-electron chi connectivity index (χ2n) is 3.88. The van der Waals surface area contributed by atoms with Crippen molar-refractivity contribution in [3.05, 3.63) is 12.7 Å². The van der Waals surface area contributed by atoms with E-state index in [1.807, 2.05) is 13.0 Å². The second kappa shape index (κ2) is 7.97. The summed E-state index contributed by atoms with van der Waals surface area (Å²) in [5.41, 5.74) is 5.83. The van der Waals surface area contributed by atoms with Gasteiger partial charge in [0.2, 0.25) is 0 Å². The molecule has 0 radical (unpaired) electrons. The minimum atomic E-state index is 0.241. The van der Waals surface area contributed by atoms with Crippen molar-refractivity contribution in [1.82, 2.24) is 4.90 Å². The Morgan fingerprint density at radius 1 is 1.50 bits per heavy atom. The molecular formula is C11H24N2O. The van der Waals surface area contributed by atoms with Crippen LogP contribution in [0.4, 0.5) is 0 Å². The summed E-state index contributed by atoms with van der Waals surface area (Å²) in [7, 11) is 1.72. The first-order chi connectivity index (χ1) is 6.61. The van der Waals surface area contributed by atoms with Crippen LogP contribution in [0.25, 0.3) is 0 Å². The SMILES string of the molecule is C=CCN(CCOC)CC(C)C(C)N. The van der Waals surface area contributed by atoms with Crippen molar-refractivity contribution < 1.29 is 4.74 Å². The highest BCUT2D eigenvalue weighted by Crippen LogP contribution is 2.03. The Morgan fingerprint density at radius 2 is 2.14 bits per heavy atom. The van der Waals surface area contributed by atoms with Crippen LogP contribution in [0, 0.1) is 5.92 Å². The van der Waals surface area contributed by atoms with Gasteiger partial charge in [-0.15, -0.1) is 6.58 Å². The van der Waals surface area contributed by atoms with Crippen molar-refractivity contribution in [3.63, 3.8) is 0 Å². The van der Waals surface area contributed by atoms with Gasteiger partial charge in [0.15, 0.2) is 0 Å². The predicted molar refractivity (Wildman–Crippen MR) is 61.3 cm³/mol. The van der Waals surface area contributed by atoms with Crippen LogP contribution in [0.5, 0.6) is 0 Å². The van der Waals surface area contributed by atoms with E-state index in [4.69, 9.17) is 10.5 Å². The first-order valence-electron chi connectivity index (χ1n) is 5.19. The van der Waals surface area contributed by atoms with E-state index < -0.39 is 0 Å². The smallest absolute Gasteiger partial charge is 0.0589 e. The Kier molecular flexibility index (Phi) is 7.76. The molecule has 0 aliphatic carbocycles. The van der Waals surface area contributed by atoms with Crippen molar-refractivity contribution in [3.8, 4) is 0 Å². The van der Waals surface area contributed by atoms with E-state index >= 15 is 0 Å². The molecule has 0 heterocycles. The standard InChI is InChI=1S/C11H24N2O/c1-5-6-13(7-8-14-4)9-10(2)11(3)12/h5,10-11H,1,6-9,12H2,2-4H3. The van der Waals surface area contributed by atoms with Crippen molar-refractivity contribution in [2.75, 3.05) is 33.4 Å². The van der Waals surface area contributed by atoms with Crippen molar-refractivity contribution in [2.24, 2.45) is 11.7 Å². The van der Waals surface area contributed by atoms with Gasteiger partial charge in [-0.25, -0.2) is 0 Å². The van der Waals surface area contributed by atoms with Gasteiger partial charge in [0.25, 0.3) is 0 Å². The van der Waals surface area contributed by atoms with E-state index in [0.29, 0.717) is 5.92 Å². The molecule has 0 aromatic heterocycles. The molecule has 0 amide bonds. The Bertz CT molecular complexity index is 148. The summed E-state index contributed by atoms with van der Waals surface area (Å²) in [6.45, 7) is 11.6. The summed E-state index contributed by atoms with van der Waals surface area (Å²) in [6, 6.07) is 0.241. The number of rotatable bonds is 8. The van der Waals surface area contributed by atoms with E-state index in [1.54, 1.807) is 7.11 Å². The fourth-order valence-electron chi connectivity index (χ4n) is 1.23. The zero-order valence-corrected chi connectivity index (χ0v) is 9.70. The highest BCUT2D eigenvalue weighted by molar-refractivity contribution is 4.76. The van der Waals surface area contributed by atoms with Gasteiger partial charge in [-0.05, 0) is 12.8 Å². The molecule has 0 aromatic carbocycles. The molecule has 0 spiro atoms. The molecule has 0 aliphatic rings.